The standard InChI is InChI=1S/C23H16F2O3/c1-14-9-19(27-13-15-5-7-17(24)8-6-15)12-20-22(14)23(26)21(28-20)11-16-3-2-4-18(25)10-16/h2-12H,13H2,1H3/b21-11-. The van der Waals surface area contributed by atoms with E-state index in [0.717, 1.165) is 11.1 Å². The highest BCUT2D eigenvalue weighted by Gasteiger charge is 2.30. The van der Waals surface area contributed by atoms with Gasteiger partial charge in [-0.2, -0.15) is 0 Å². The van der Waals surface area contributed by atoms with Crippen molar-refractivity contribution >= 4 is 11.9 Å². The van der Waals surface area contributed by atoms with Crippen LogP contribution in [0.15, 0.2) is 66.4 Å². The minimum atomic E-state index is -0.384. The van der Waals surface area contributed by atoms with Gasteiger partial charge >= 0.3 is 0 Å². The molecule has 1 aliphatic heterocycles. The zero-order chi connectivity index (χ0) is 19.7. The number of allylic oxidation sites excluding steroid dienone is 1. The van der Waals surface area contributed by atoms with Crippen molar-refractivity contribution in [3.63, 3.8) is 0 Å². The molecule has 3 aromatic carbocycles. The molecule has 0 saturated heterocycles. The van der Waals surface area contributed by atoms with Crippen LogP contribution in [0.25, 0.3) is 6.08 Å². The topological polar surface area (TPSA) is 35.5 Å². The molecule has 3 nitrogen and oxygen atoms in total. The van der Waals surface area contributed by atoms with Crippen molar-refractivity contribution in [2.24, 2.45) is 0 Å². The first-order chi connectivity index (χ1) is 13.5. The molecule has 1 heterocycles. The maximum Gasteiger partial charge on any atom is 0.232 e. The van der Waals surface area contributed by atoms with Crippen LogP contribution in [-0.4, -0.2) is 5.78 Å². The van der Waals surface area contributed by atoms with E-state index in [1.807, 2.05) is 0 Å². The van der Waals surface area contributed by atoms with E-state index in [1.165, 1.54) is 30.3 Å². The Morgan fingerprint density at radius 3 is 2.54 bits per heavy atom. The maximum atomic E-state index is 13.4. The van der Waals surface area contributed by atoms with Crippen LogP contribution in [0.4, 0.5) is 8.78 Å². The largest absolute Gasteiger partial charge is 0.489 e. The number of rotatable bonds is 4. The van der Waals surface area contributed by atoms with Gasteiger partial charge in [0.05, 0.1) is 5.56 Å². The third-order valence-corrected chi connectivity index (χ3v) is 4.41. The zero-order valence-electron chi connectivity index (χ0n) is 15.0. The quantitative estimate of drug-likeness (QED) is 0.565. The SMILES string of the molecule is Cc1cc(OCc2ccc(F)cc2)cc2c1C(=O)/C(=C/c1cccc(F)c1)O2. The van der Waals surface area contributed by atoms with Gasteiger partial charge in [0.2, 0.25) is 5.78 Å². The lowest BCUT2D eigenvalue weighted by molar-refractivity contribution is 0.101. The molecule has 3 aromatic rings. The summed E-state index contributed by atoms with van der Waals surface area (Å²) in [4.78, 5) is 12.7. The number of carbonyl (C=O) groups is 1. The number of hydrogen-bond acceptors (Lipinski definition) is 3. The Kier molecular flexibility index (Phi) is 4.65. The molecule has 0 aliphatic carbocycles. The number of carbonyl (C=O) groups excluding carboxylic acids is 1. The Balaban J connectivity index is 1.56. The minimum Gasteiger partial charge on any atom is -0.489 e. The fourth-order valence-electron chi connectivity index (χ4n) is 3.06. The summed E-state index contributed by atoms with van der Waals surface area (Å²) in [5, 5.41) is 0. The Hall–Kier alpha value is -3.47. The summed E-state index contributed by atoms with van der Waals surface area (Å²) in [5.41, 5.74) is 2.56. The van der Waals surface area contributed by atoms with Gasteiger partial charge in [-0.1, -0.05) is 24.3 Å². The van der Waals surface area contributed by atoms with Gasteiger partial charge in [0.25, 0.3) is 0 Å². The van der Waals surface area contributed by atoms with Crippen LogP contribution in [0.3, 0.4) is 0 Å². The summed E-state index contributed by atoms with van der Waals surface area (Å²) >= 11 is 0. The van der Waals surface area contributed by atoms with Gasteiger partial charge in [0.1, 0.15) is 29.7 Å². The van der Waals surface area contributed by atoms with Crippen LogP contribution >= 0.6 is 0 Å². The number of hydrogen-bond donors (Lipinski definition) is 0. The molecule has 0 aromatic heterocycles. The second-order valence-electron chi connectivity index (χ2n) is 6.52. The Labute approximate surface area is 160 Å². The first kappa shape index (κ1) is 17.9. The number of aryl methyl sites for hydroxylation is 1. The number of ketones is 1. The predicted molar refractivity (Wildman–Crippen MR) is 101 cm³/mol. The molecular formula is C23H16F2O3. The third-order valence-electron chi connectivity index (χ3n) is 4.41. The van der Waals surface area contributed by atoms with Crippen LogP contribution < -0.4 is 9.47 Å². The molecule has 0 N–H and O–H groups in total. The molecule has 0 atom stereocenters. The maximum absolute atomic E-state index is 13.4. The van der Waals surface area contributed by atoms with E-state index in [2.05, 4.69) is 0 Å². The molecule has 0 unspecified atom stereocenters. The molecule has 0 saturated carbocycles. The van der Waals surface area contributed by atoms with Crippen LogP contribution in [0, 0.1) is 18.6 Å². The summed E-state index contributed by atoms with van der Waals surface area (Å²) in [6.07, 6.45) is 1.52. The van der Waals surface area contributed by atoms with E-state index in [-0.39, 0.29) is 29.8 Å². The molecule has 1 aliphatic rings. The smallest absolute Gasteiger partial charge is 0.232 e. The van der Waals surface area contributed by atoms with E-state index in [1.54, 1.807) is 43.3 Å². The van der Waals surface area contributed by atoms with Crippen LogP contribution in [0.1, 0.15) is 27.0 Å². The summed E-state index contributed by atoms with van der Waals surface area (Å²) in [6.45, 7) is 2.06. The lowest BCUT2D eigenvalue weighted by Gasteiger charge is -2.09. The van der Waals surface area contributed by atoms with Gasteiger partial charge in [0.15, 0.2) is 5.76 Å². The molecule has 0 spiro atoms. The summed E-state index contributed by atoms with van der Waals surface area (Å²) in [5.74, 6) is 0.148. The third kappa shape index (κ3) is 3.64. The lowest BCUT2D eigenvalue weighted by Crippen LogP contribution is -2.00. The predicted octanol–water partition coefficient (Wildman–Crippen LogP) is 5.47. The van der Waals surface area contributed by atoms with E-state index >= 15 is 0 Å². The molecular weight excluding hydrogens is 362 g/mol. The van der Waals surface area contributed by atoms with E-state index in [9.17, 15) is 13.6 Å². The lowest BCUT2D eigenvalue weighted by atomic mass is 10.0. The van der Waals surface area contributed by atoms with Crippen molar-refractivity contribution < 1.29 is 23.0 Å². The Morgan fingerprint density at radius 1 is 1.00 bits per heavy atom. The monoisotopic (exact) mass is 378 g/mol. The first-order valence-corrected chi connectivity index (χ1v) is 8.71. The number of halogens is 2. The highest BCUT2D eigenvalue weighted by atomic mass is 19.1. The van der Waals surface area contributed by atoms with Crippen molar-refractivity contribution in [3.8, 4) is 11.5 Å². The molecule has 0 fully saturated rings. The normalized spacial score (nSPS) is 14.1. The van der Waals surface area contributed by atoms with Gasteiger partial charge in [-0.3, -0.25) is 4.79 Å². The highest BCUT2D eigenvalue weighted by molar-refractivity contribution is 6.15. The van der Waals surface area contributed by atoms with E-state index in [0.29, 0.717) is 22.6 Å². The molecule has 0 amide bonds. The Morgan fingerprint density at radius 2 is 1.79 bits per heavy atom. The number of fused-ring (bicyclic) bond motifs is 1. The average Bonchev–Trinajstić information content (AvgIpc) is 2.97. The van der Waals surface area contributed by atoms with Crippen molar-refractivity contribution in [2.45, 2.75) is 13.5 Å². The molecule has 28 heavy (non-hydrogen) atoms. The second kappa shape index (κ2) is 7.27. The number of Topliss-reactive ketones (excluding diaryl/α,β-unsaturated/α-hetero) is 1. The van der Waals surface area contributed by atoms with Crippen LogP contribution in [0.5, 0.6) is 11.5 Å². The molecule has 0 radical (unpaired) electrons. The minimum absolute atomic E-state index is 0.138. The number of benzene rings is 3. The van der Waals surface area contributed by atoms with Crippen LogP contribution in [0.2, 0.25) is 0 Å². The number of ether oxygens (including phenoxy) is 2. The highest BCUT2D eigenvalue weighted by Crippen LogP contribution is 2.37. The van der Waals surface area contributed by atoms with Gasteiger partial charge in [-0.25, -0.2) is 8.78 Å². The van der Waals surface area contributed by atoms with Crippen LogP contribution in [-0.2, 0) is 6.61 Å². The zero-order valence-corrected chi connectivity index (χ0v) is 15.0. The fraction of sp³-hybridized carbons (Fsp3) is 0.0870. The summed E-state index contributed by atoms with van der Waals surface area (Å²) in [7, 11) is 0. The van der Waals surface area contributed by atoms with Gasteiger partial charge in [-0.15, -0.1) is 0 Å². The van der Waals surface area contributed by atoms with Crippen molar-refractivity contribution in [3.05, 3.63) is 100 Å². The summed E-state index contributed by atoms with van der Waals surface area (Å²) < 4.78 is 37.8. The summed E-state index contributed by atoms with van der Waals surface area (Å²) in [6, 6.07) is 15.4. The van der Waals surface area contributed by atoms with Gasteiger partial charge in [-0.05, 0) is 60.0 Å². The Bertz CT molecular complexity index is 1090. The fourth-order valence-corrected chi connectivity index (χ4v) is 3.06. The van der Waals surface area contributed by atoms with Gasteiger partial charge < -0.3 is 9.47 Å². The van der Waals surface area contributed by atoms with E-state index < -0.39 is 0 Å². The molecule has 140 valence electrons. The van der Waals surface area contributed by atoms with Crippen molar-refractivity contribution in [1.29, 1.82) is 0 Å². The molecule has 5 heteroatoms. The first-order valence-electron chi connectivity index (χ1n) is 8.71. The molecule has 0 bridgehead atoms. The van der Waals surface area contributed by atoms with E-state index in [4.69, 9.17) is 9.47 Å². The average molecular weight is 378 g/mol. The van der Waals surface area contributed by atoms with Gasteiger partial charge in [0, 0.05) is 6.07 Å². The second-order valence-corrected chi connectivity index (χ2v) is 6.52. The van der Waals surface area contributed by atoms with Crippen molar-refractivity contribution in [2.75, 3.05) is 0 Å². The van der Waals surface area contributed by atoms with Crippen molar-refractivity contribution in [1.82, 2.24) is 0 Å². The molecule has 4 rings (SSSR count).